The van der Waals surface area contributed by atoms with Gasteiger partial charge in [-0.2, -0.15) is 5.10 Å². The van der Waals surface area contributed by atoms with Gasteiger partial charge in [-0.3, -0.25) is 4.68 Å². The summed E-state index contributed by atoms with van der Waals surface area (Å²) in [6.45, 7) is 3.33. The number of halogens is 1. The van der Waals surface area contributed by atoms with Gasteiger partial charge in [0.05, 0.1) is 0 Å². The van der Waals surface area contributed by atoms with Crippen LogP contribution < -0.4 is 0 Å². The molecular formula is C9H15BrN2. The van der Waals surface area contributed by atoms with Gasteiger partial charge in [0.15, 0.2) is 0 Å². The van der Waals surface area contributed by atoms with Gasteiger partial charge in [0, 0.05) is 24.3 Å². The fourth-order valence-corrected chi connectivity index (χ4v) is 1.90. The van der Waals surface area contributed by atoms with Crippen LogP contribution in [0.25, 0.3) is 0 Å². The molecule has 0 saturated carbocycles. The second-order valence-corrected chi connectivity index (χ2v) is 3.93. The fraction of sp³-hybridized carbons (Fsp3) is 0.667. The van der Waals surface area contributed by atoms with Gasteiger partial charge in [0.1, 0.15) is 0 Å². The Morgan fingerprint density at radius 3 is 2.92 bits per heavy atom. The summed E-state index contributed by atoms with van der Waals surface area (Å²) in [6.07, 6.45) is 6.31. The third kappa shape index (κ3) is 3.39. The Morgan fingerprint density at radius 2 is 2.33 bits per heavy atom. The van der Waals surface area contributed by atoms with Crippen molar-refractivity contribution in [3.63, 3.8) is 0 Å². The van der Waals surface area contributed by atoms with Crippen molar-refractivity contribution in [3.05, 3.63) is 18.5 Å². The van der Waals surface area contributed by atoms with E-state index in [1.807, 2.05) is 23.1 Å². The minimum atomic E-state index is 0.786. The summed E-state index contributed by atoms with van der Waals surface area (Å²) in [7, 11) is 0. The van der Waals surface area contributed by atoms with Crippen LogP contribution in [0.3, 0.4) is 0 Å². The first-order valence-corrected chi connectivity index (χ1v) is 5.48. The molecule has 2 nitrogen and oxygen atoms in total. The van der Waals surface area contributed by atoms with E-state index in [9.17, 15) is 0 Å². The first-order valence-electron chi connectivity index (χ1n) is 4.36. The van der Waals surface area contributed by atoms with Crippen LogP contribution in [0.2, 0.25) is 0 Å². The molecule has 0 amide bonds. The minimum Gasteiger partial charge on any atom is -0.273 e. The van der Waals surface area contributed by atoms with Crippen molar-refractivity contribution in [1.29, 1.82) is 0 Å². The number of rotatable bonds is 5. The summed E-state index contributed by atoms with van der Waals surface area (Å²) in [4.78, 5) is 0. The van der Waals surface area contributed by atoms with E-state index in [4.69, 9.17) is 0 Å². The molecule has 0 fully saturated rings. The molecule has 1 aromatic heterocycles. The van der Waals surface area contributed by atoms with E-state index >= 15 is 0 Å². The number of aryl methyl sites for hydroxylation is 1. The molecule has 0 aliphatic heterocycles. The fourth-order valence-electron chi connectivity index (χ4n) is 1.12. The summed E-state index contributed by atoms with van der Waals surface area (Å²) in [5.74, 6) is 0.786. The first-order chi connectivity index (χ1) is 5.83. The van der Waals surface area contributed by atoms with Crippen molar-refractivity contribution in [1.82, 2.24) is 9.78 Å². The normalized spacial score (nSPS) is 13.2. The van der Waals surface area contributed by atoms with E-state index in [0.29, 0.717) is 0 Å². The largest absolute Gasteiger partial charge is 0.273 e. The van der Waals surface area contributed by atoms with Gasteiger partial charge in [0.25, 0.3) is 0 Å². The van der Waals surface area contributed by atoms with Crippen molar-refractivity contribution in [2.24, 2.45) is 5.92 Å². The van der Waals surface area contributed by atoms with Crippen molar-refractivity contribution in [2.45, 2.75) is 26.3 Å². The van der Waals surface area contributed by atoms with Gasteiger partial charge in [-0.1, -0.05) is 22.9 Å². The van der Waals surface area contributed by atoms with Crippen LogP contribution in [0.1, 0.15) is 19.8 Å². The lowest BCUT2D eigenvalue weighted by Gasteiger charge is -2.08. The molecule has 0 aliphatic carbocycles. The predicted molar refractivity (Wildman–Crippen MR) is 54.4 cm³/mol. The van der Waals surface area contributed by atoms with E-state index < -0.39 is 0 Å². The summed E-state index contributed by atoms with van der Waals surface area (Å²) in [6, 6.07) is 1.97. The Balaban J connectivity index is 2.17. The zero-order valence-electron chi connectivity index (χ0n) is 7.41. The Morgan fingerprint density at radius 1 is 1.50 bits per heavy atom. The van der Waals surface area contributed by atoms with E-state index in [0.717, 1.165) is 17.8 Å². The van der Waals surface area contributed by atoms with E-state index in [-0.39, 0.29) is 0 Å². The van der Waals surface area contributed by atoms with Crippen LogP contribution in [0.4, 0.5) is 0 Å². The highest BCUT2D eigenvalue weighted by Crippen LogP contribution is 2.09. The summed E-state index contributed by atoms with van der Waals surface area (Å²) in [5.41, 5.74) is 0. The van der Waals surface area contributed by atoms with E-state index in [2.05, 4.69) is 28.0 Å². The summed E-state index contributed by atoms with van der Waals surface area (Å²) in [5, 5.41) is 5.26. The third-order valence-electron chi connectivity index (χ3n) is 2.01. The Labute approximate surface area is 82.1 Å². The van der Waals surface area contributed by atoms with Gasteiger partial charge in [-0.05, 0) is 24.8 Å². The highest BCUT2D eigenvalue weighted by molar-refractivity contribution is 9.09. The molecule has 0 saturated heterocycles. The standard InChI is InChI=1S/C9H15BrN2/c1-9(3-5-10)4-8-12-7-2-6-11-12/h2,6-7,9H,3-5,8H2,1H3. The molecule has 0 spiro atoms. The van der Waals surface area contributed by atoms with E-state index in [1.54, 1.807) is 0 Å². The van der Waals surface area contributed by atoms with Crippen molar-refractivity contribution >= 4 is 15.9 Å². The molecule has 1 atom stereocenters. The molecule has 68 valence electrons. The first kappa shape index (κ1) is 9.78. The molecule has 1 heterocycles. The molecule has 0 bridgehead atoms. The third-order valence-corrected chi connectivity index (χ3v) is 2.47. The SMILES string of the molecule is CC(CCBr)CCn1cccn1. The maximum absolute atomic E-state index is 4.15. The molecule has 0 aliphatic rings. The van der Waals surface area contributed by atoms with Gasteiger partial charge in [-0.25, -0.2) is 0 Å². The lowest BCUT2D eigenvalue weighted by Crippen LogP contribution is -2.04. The van der Waals surface area contributed by atoms with Crippen LogP contribution in [-0.4, -0.2) is 15.1 Å². The predicted octanol–water partition coefficient (Wildman–Crippen LogP) is 2.69. The zero-order valence-corrected chi connectivity index (χ0v) is 9.00. The monoisotopic (exact) mass is 230 g/mol. The average Bonchev–Trinajstić information content (AvgIpc) is 2.53. The van der Waals surface area contributed by atoms with E-state index in [1.165, 1.54) is 12.8 Å². The highest BCUT2D eigenvalue weighted by Gasteiger charge is 2.00. The number of hydrogen-bond donors (Lipinski definition) is 0. The molecule has 1 unspecified atom stereocenters. The van der Waals surface area contributed by atoms with Crippen LogP contribution in [0.5, 0.6) is 0 Å². The van der Waals surface area contributed by atoms with Gasteiger partial charge in [0.2, 0.25) is 0 Å². The topological polar surface area (TPSA) is 17.8 Å². The highest BCUT2D eigenvalue weighted by atomic mass is 79.9. The number of alkyl halides is 1. The summed E-state index contributed by atoms with van der Waals surface area (Å²) < 4.78 is 1.99. The average molecular weight is 231 g/mol. The van der Waals surface area contributed by atoms with Gasteiger partial charge >= 0.3 is 0 Å². The number of hydrogen-bond acceptors (Lipinski definition) is 1. The maximum atomic E-state index is 4.15. The molecule has 1 rings (SSSR count). The zero-order chi connectivity index (χ0) is 8.81. The second-order valence-electron chi connectivity index (χ2n) is 3.14. The van der Waals surface area contributed by atoms with Crippen LogP contribution >= 0.6 is 15.9 Å². The molecule has 0 aromatic carbocycles. The lowest BCUT2D eigenvalue weighted by atomic mass is 10.1. The van der Waals surface area contributed by atoms with Crippen LogP contribution in [0, 0.1) is 5.92 Å². The Kier molecular flexibility index (Phi) is 4.36. The number of aromatic nitrogens is 2. The van der Waals surface area contributed by atoms with Crippen molar-refractivity contribution < 1.29 is 0 Å². The maximum Gasteiger partial charge on any atom is 0.0489 e. The second kappa shape index (κ2) is 5.36. The minimum absolute atomic E-state index is 0.786. The molecule has 0 N–H and O–H groups in total. The van der Waals surface area contributed by atoms with Crippen molar-refractivity contribution in [2.75, 3.05) is 5.33 Å². The van der Waals surface area contributed by atoms with Gasteiger partial charge in [-0.15, -0.1) is 0 Å². The Hall–Kier alpha value is -0.310. The van der Waals surface area contributed by atoms with Gasteiger partial charge < -0.3 is 0 Å². The molecule has 3 heteroatoms. The van der Waals surface area contributed by atoms with Crippen LogP contribution in [-0.2, 0) is 6.54 Å². The van der Waals surface area contributed by atoms with Crippen molar-refractivity contribution in [3.8, 4) is 0 Å². The molecule has 12 heavy (non-hydrogen) atoms. The lowest BCUT2D eigenvalue weighted by molar-refractivity contribution is 0.452. The smallest absolute Gasteiger partial charge is 0.0489 e. The summed E-state index contributed by atoms with van der Waals surface area (Å²) >= 11 is 3.45. The Bertz CT molecular complexity index is 196. The quantitative estimate of drug-likeness (QED) is 0.712. The molecule has 1 aromatic rings. The molecule has 0 radical (unpaired) electrons. The number of nitrogens with zero attached hydrogens (tertiary/aromatic N) is 2. The van der Waals surface area contributed by atoms with Crippen LogP contribution in [0.15, 0.2) is 18.5 Å². The molecular weight excluding hydrogens is 216 g/mol.